The van der Waals surface area contributed by atoms with Gasteiger partial charge in [0.05, 0.1) is 24.1 Å². The highest BCUT2D eigenvalue weighted by Gasteiger charge is 2.18. The van der Waals surface area contributed by atoms with E-state index < -0.39 is 0 Å². The summed E-state index contributed by atoms with van der Waals surface area (Å²) in [7, 11) is 1.65. The van der Waals surface area contributed by atoms with E-state index in [0.29, 0.717) is 11.8 Å². The zero-order valence-electron chi connectivity index (χ0n) is 16.2. The van der Waals surface area contributed by atoms with E-state index in [1.807, 2.05) is 25.1 Å². The van der Waals surface area contributed by atoms with Crippen molar-refractivity contribution in [3.8, 4) is 17.1 Å². The van der Waals surface area contributed by atoms with Crippen LogP contribution in [0.3, 0.4) is 0 Å². The number of rotatable bonds is 6. The summed E-state index contributed by atoms with van der Waals surface area (Å²) in [5.41, 5.74) is 6.52. The fourth-order valence-electron chi connectivity index (χ4n) is 3.10. The average molecular weight is 350 g/mol. The molecule has 0 spiro atoms. The van der Waals surface area contributed by atoms with Crippen molar-refractivity contribution >= 4 is 11.2 Å². The summed E-state index contributed by atoms with van der Waals surface area (Å²) in [6.07, 6.45) is 4.93. The molecule has 5 heteroatoms. The van der Waals surface area contributed by atoms with Crippen molar-refractivity contribution in [2.45, 2.75) is 46.6 Å². The Bertz CT molecular complexity index is 956. The van der Waals surface area contributed by atoms with Crippen LogP contribution in [0.15, 0.2) is 31.0 Å². The summed E-state index contributed by atoms with van der Waals surface area (Å²) >= 11 is 0. The Morgan fingerprint density at radius 1 is 1.19 bits per heavy atom. The second kappa shape index (κ2) is 7.28. The first-order valence-electron chi connectivity index (χ1n) is 8.96. The lowest BCUT2D eigenvalue weighted by Crippen LogP contribution is -2.02. The topological polar surface area (TPSA) is 52.8 Å². The smallest absolute Gasteiger partial charge is 0.222 e. The van der Waals surface area contributed by atoms with Crippen LogP contribution in [-0.4, -0.2) is 26.6 Å². The van der Waals surface area contributed by atoms with Crippen LogP contribution in [0, 0.1) is 13.8 Å². The maximum atomic E-state index is 5.55. The van der Waals surface area contributed by atoms with Crippen molar-refractivity contribution in [3.63, 3.8) is 0 Å². The van der Waals surface area contributed by atoms with Crippen LogP contribution in [-0.2, 0) is 6.54 Å². The normalized spacial score (nSPS) is 11.3. The molecule has 0 aromatic carbocycles. The Hall–Kier alpha value is -2.69. The zero-order chi connectivity index (χ0) is 18.8. The van der Waals surface area contributed by atoms with E-state index >= 15 is 0 Å². The highest BCUT2D eigenvalue weighted by atomic mass is 16.5. The number of hydrogen-bond acceptors (Lipinski definition) is 4. The third-order valence-electron chi connectivity index (χ3n) is 4.54. The Morgan fingerprint density at radius 3 is 2.62 bits per heavy atom. The standard InChI is InChI=1S/C21H26N4O/c1-7-8-11-25-12-14(4)18-20(25)22-15(5)19(24-18)16-9-10-17(13(2)3)23-21(16)26-6/h7,9-10,12-13H,1,8,11H2,2-6H3. The molecule has 0 aliphatic carbocycles. The van der Waals surface area contributed by atoms with Gasteiger partial charge in [-0.25, -0.2) is 15.0 Å². The maximum absolute atomic E-state index is 5.55. The molecule has 0 saturated carbocycles. The number of ether oxygens (including phenoxy) is 1. The number of pyridine rings is 1. The SMILES string of the molecule is C=CCCn1cc(C)c2nc(-c3ccc(C(C)C)nc3OC)c(C)nc21. The Morgan fingerprint density at radius 2 is 1.96 bits per heavy atom. The van der Waals surface area contributed by atoms with E-state index in [4.69, 9.17) is 14.7 Å². The molecule has 136 valence electrons. The number of hydrogen-bond donors (Lipinski definition) is 0. The molecule has 26 heavy (non-hydrogen) atoms. The van der Waals surface area contributed by atoms with Crippen LogP contribution in [0.2, 0.25) is 0 Å². The summed E-state index contributed by atoms with van der Waals surface area (Å²) in [6.45, 7) is 12.9. The number of fused-ring (bicyclic) bond motifs is 1. The van der Waals surface area contributed by atoms with Crippen molar-refractivity contribution in [1.82, 2.24) is 19.5 Å². The lowest BCUT2D eigenvalue weighted by atomic mass is 10.1. The van der Waals surface area contributed by atoms with E-state index in [2.05, 4.69) is 43.1 Å². The lowest BCUT2D eigenvalue weighted by Gasteiger charge is -2.13. The fraction of sp³-hybridized carbons (Fsp3) is 0.381. The lowest BCUT2D eigenvalue weighted by molar-refractivity contribution is 0.397. The third-order valence-corrected chi connectivity index (χ3v) is 4.54. The van der Waals surface area contributed by atoms with Crippen LogP contribution in [0.4, 0.5) is 0 Å². The van der Waals surface area contributed by atoms with Crippen molar-refractivity contribution < 1.29 is 4.74 Å². The minimum Gasteiger partial charge on any atom is -0.480 e. The van der Waals surface area contributed by atoms with Crippen molar-refractivity contribution in [2.24, 2.45) is 0 Å². The first-order valence-corrected chi connectivity index (χ1v) is 8.96. The minimum atomic E-state index is 0.341. The Labute approximate surface area is 154 Å². The second-order valence-corrected chi connectivity index (χ2v) is 6.86. The van der Waals surface area contributed by atoms with Gasteiger partial charge in [-0.1, -0.05) is 19.9 Å². The van der Waals surface area contributed by atoms with Gasteiger partial charge in [0.2, 0.25) is 5.88 Å². The molecule has 0 bridgehead atoms. The van der Waals surface area contributed by atoms with Gasteiger partial charge in [0, 0.05) is 18.4 Å². The minimum absolute atomic E-state index is 0.341. The molecular formula is C21H26N4O. The van der Waals surface area contributed by atoms with Gasteiger partial charge in [-0.05, 0) is 43.9 Å². The van der Waals surface area contributed by atoms with Gasteiger partial charge in [0.1, 0.15) is 5.52 Å². The zero-order valence-corrected chi connectivity index (χ0v) is 16.2. The summed E-state index contributed by atoms with van der Waals surface area (Å²) in [4.78, 5) is 14.4. The number of aryl methyl sites for hydroxylation is 3. The van der Waals surface area contributed by atoms with Gasteiger partial charge in [0.25, 0.3) is 0 Å². The quantitative estimate of drug-likeness (QED) is 0.598. The number of aromatic nitrogens is 4. The predicted octanol–water partition coefficient (Wildman–Crippen LogP) is 4.82. The number of nitrogens with zero attached hydrogens (tertiary/aromatic N) is 4. The molecule has 0 unspecified atom stereocenters. The van der Waals surface area contributed by atoms with E-state index in [-0.39, 0.29) is 0 Å². The van der Waals surface area contributed by atoms with Crippen LogP contribution in [0.5, 0.6) is 5.88 Å². The first kappa shape index (κ1) is 18.1. The molecule has 3 rings (SSSR count). The average Bonchev–Trinajstić information content (AvgIpc) is 2.93. The molecule has 3 aromatic heterocycles. The van der Waals surface area contributed by atoms with E-state index in [0.717, 1.165) is 52.3 Å². The fourth-order valence-corrected chi connectivity index (χ4v) is 3.10. The van der Waals surface area contributed by atoms with Crippen molar-refractivity contribution in [1.29, 1.82) is 0 Å². The summed E-state index contributed by atoms with van der Waals surface area (Å²) in [5, 5.41) is 0. The van der Waals surface area contributed by atoms with E-state index in [1.165, 1.54) is 0 Å². The molecule has 3 heterocycles. The molecule has 0 saturated heterocycles. The van der Waals surface area contributed by atoms with E-state index in [1.54, 1.807) is 7.11 Å². The predicted molar refractivity (Wildman–Crippen MR) is 106 cm³/mol. The number of allylic oxidation sites excluding steroid dienone is 1. The van der Waals surface area contributed by atoms with Crippen LogP contribution in [0.1, 0.15) is 43.1 Å². The molecule has 5 nitrogen and oxygen atoms in total. The van der Waals surface area contributed by atoms with Crippen molar-refractivity contribution in [3.05, 3.63) is 47.9 Å². The largest absolute Gasteiger partial charge is 0.480 e. The van der Waals surface area contributed by atoms with Gasteiger partial charge in [0.15, 0.2) is 5.65 Å². The highest BCUT2D eigenvalue weighted by Crippen LogP contribution is 2.32. The number of methoxy groups -OCH3 is 1. The molecule has 0 atom stereocenters. The van der Waals surface area contributed by atoms with Crippen LogP contribution >= 0.6 is 0 Å². The second-order valence-electron chi connectivity index (χ2n) is 6.86. The molecule has 0 aliphatic rings. The highest BCUT2D eigenvalue weighted by molar-refractivity contribution is 5.80. The third kappa shape index (κ3) is 3.21. The molecule has 0 radical (unpaired) electrons. The Balaban J connectivity index is 2.16. The molecule has 0 aliphatic heterocycles. The Kier molecular flexibility index (Phi) is 5.07. The van der Waals surface area contributed by atoms with Gasteiger partial charge in [-0.3, -0.25) is 0 Å². The van der Waals surface area contributed by atoms with Gasteiger partial charge in [-0.15, -0.1) is 6.58 Å². The molecular weight excluding hydrogens is 324 g/mol. The van der Waals surface area contributed by atoms with Crippen LogP contribution < -0.4 is 4.74 Å². The molecule has 0 fully saturated rings. The maximum Gasteiger partial charge on any atom is 0.222 e. The summed E-state index contributed by atoms with van der Waals surface area (Å²) in [6, 6.07) is 4.07. The summed E-state index contributed by atoms with van der Waals surface area (Å²) < 4.78 is 7.70. The first-order chi connectivity index (χ1) is 12.5. The molecule has 0 N–H and O–H groups in total. The molecule has 3 aromatic rings. The summed E-state index contributed by atoms with van der Waals surface area (Å²) in [5.74, 6) is 0.936. The van der Waals surface area contributed by atoms with Crippen molar-refractivity contribution in [2.75, 3.05) is 7.11 Å². The van der Waals surface area contributed by atoms with Gasteiger partial charge in [-0.2, -0.15) is 0 Å². The molecule has 0 amide bonds. The van der Waals surface area contributed by atoms with Gasteiger partial charge >= 0.3 is 0 Å². The van der Waals surface area contributed by atoms with Crippen LogP contribution in [0.25, 0.3) is 22.4 Å². The monoisotopic (exact) mass is 350 g/mol. The van der Waals surface area contributed by atoms with E-state index in [9.17, 15) is 0 Å². The van der Waals surface area contributed by atoms with Gasteiger partial charge < -0.3 is 9.30 Å².